The van der Waals surface area contributed by atoms with Gasteiger partial charge in [-0.2, -0.15) is 0 Å². The Bertz CT molecular complexity index is 498. The van der Waals surface area contributed by atoms with Gasteiger partial charge < -0.3 is 9.15 Å². The summed E-state index contributed by atoms with van der Waals surface area (Å²) in [6.07, 6.45) is 0.751. The number of rotatable bonds is 5. The third kappa shape index (κ3) is 2.79. The van der Waals surface area contributed by atoms with E-state index in [1.807, 2.05) is 18.2 Å². The van der Waals surface area contributed by atoms with Crippen molar-refractivity contribution in [3.05, 3.63) is 35.0 Å². The van der Waals surface area contributed by atoms with Crippen molar-refractivity contribution in [2.45, 2.75) is 12.5 Å². The molecule has 3 N–H and O–H groups in total. The Kier molecular flexibility index (Phi) is 4.02. The SMILES string of the molecule is COCCC(NN)c1cc2cc(Cl)ccc2o1. The van der Waals surface area contributed by atoms with Crippen LogP contribution in [0.1, 0.15) is 18.2 Å². The zero-order valence-electron chi connectivity index (χ0n) is 9.57. The molecule has 0 amide bonds. The molecule has 0 aliphatic heterocycles. The van der Waals surface area contributed by atoms with Crippen LogP contribution in [0, 0.1) is 0 Å². The Hall–Kier alpha value is -1.07. The van der Waals surface area contributed by atoms with Gasteiger partial charge in [0.05, 0.1) is 6.04 Å². The third-order valence-electron chi connectivity index (χ3n) is 2.65. The zero-order valence-corrected chi connectivity index (χ0v) is 10.3. The molecule has 1 atom stereocenters. The average molecular weight is 255 g/mol. The number of nitrogens with one attached hydrogen (secondary N) is 1. The lowest BCUT2D eigenvalue weighted by Gasteiger charge is -2.11. The van der Waals surface area contributed by atoms with E-state index < -0.39 is 0 Å². The van der Waals surface area contributed by atoms with E-state index in [0.717, 1.165) is 23.2 Å². The van der Waals surface area contributed by atoms with E-state index >= 15 is 0 Å². The predicted octanol–water partition coefficient (Wildman–Crippen LogP) is 2.63. The van der Waals surface area contributed by atoms with Crippen molar-refractivity contribution in [1.29, 1.82) is 0 Å². The molecule has 0 aliphatic carbocycles. The lowest BCUT2D eigenvalue weighted by molar-refractivity contribution is 0.179. The molecule has 0 saturated heterocycles. The minimum absolute atomic E-state index is 0.0545. The van der Waals surface area contributed by atoms with Gasteiger partial charge >= 0.3 is 0 Å². The molecule has 1 heterocycles. The van der Waals surface area contributed by atoms with E-state index in [1.54, 1.807) is 13.2 Å². The van der Waals surface area contributed by atoms with Crippen LogP contribution in [0.3, 0.4) is 0 Å². The molecule has 0 radical (unpaired) electrons. The van der Waals surface area contributed by atoms with Gasteiger partial charge in [-0.15, -0.1) is 0 Å². The number of methoxy groups -OCH3 is 1. The summed E-state index contributed by atoms with van der Waals surface area (Å²) in [6, 6.07) is 7.42. The molecular weight excluding hydrogens is 240 g/mol. The summed E-state index contributed by atoms with van der Waals surface area (Å²) in [5.41, 5.74) is 3.53. The van der Waals surface area contributed by atoms with Crippen LogP contribution in [-0.4, -0.2) is 13.7 Å². The molecular formula is C12H15ClN2O2. The maximum Gasteiger partial charge on any atom is 0.134 e. The van der Waals surface area contributed by atoms with Gasteiger partial charge in [-0.05, 0) is 30.7 Å². The van der Waals surface area contributed by atoms with Crippen LogP contribution in [0.25, 0.3) is 11.0 Å². The number of hydrogen-bond donors (Lipinski definition) is 2. The Balaban J connectivity index is 2.27. The first-order chi connectivity index (χ1) is 8.24. The number of furan rings is 1. The first-order valence-corrected chi connectivity index (χ1v) is 5.76. The maximum atomic E-state index is 5.92. The fourth-order valence-electron chi connectivity index (χ4n) is 1.75. The standard InChI is InChI=1S/C12H15ClN2O2/c1-16-5-4-10(15-14)12-7-8-6-9(13)2-3-11(8)17-12/h2-3,6-7,10,15H,4-5,14H2,1H3. The summed E-state index contributed by atoms with van der Waals surface area (Å²) >= 11 is 5.92. The number of ether oxygens (including phenoxy) is 1. The van der Waals surface area contributed by atoms with Crippen molar-refractivity contribution in [1.82, 2.24) is 5.43 Å². The molecule has 5 heteroatoms. The molecule has 1 unspecified atom stereocenters. The van der Waals surface area contributed by atoms with E-state index in [4.69, 9.17) is 26.6 Å². The number of nitrogens with two attached hydrogens (primary N) is 1. The molecule has 0 bridgehead atoms. The van der Waals surface area contributed by atoms with Crippen LogP contribution in [-0.2, 0) is 4.74 Å². The van der Waals surface area contributed by atoms with Crippen molar-refractivity contribution >= 4 is 22.6 Å². The number of halogens is 1. The van der Waals surface area contributed by atoms with Gasteiger partial charge in [0, 0.05) is 24.1 Å². The van der Waals surface area contributed by atoms with Crippen LogP contribution in [0.15, 0.2) is 28.7 Å². The van der Waals surface area contributed by atoms with Gasteiger partial charge in [0.25, 0.3) is 0 Å². The Morgan fingerprint density at radius 3 is 3.00 bits per heavy atom. The number of fused-ring (bicyclic) bond motifs is 1. The van der Waals surface area contributed by atoms with Gasteiger partial charge in [0.1, 0.15) is 11.3 Å². The Labute approximate surface area is 105 Å². The van der Waals surface area contributed by atoms with Crippen molar-refractivity contribution in [3.63, 3.8) is 0 Å². The fraction of sp³-hybridized carbons (Fsp3) is 0.333. The van der Waals surface area contributed by atoms with E-state index in [2.05, 4.69) is 5.43 Å². The molecule has 2 rings (SSSR count). The maximum absolute atomic E-state index is 5.92. The summed E-state index contributed by atoms with van der Waals surface area (Å²) in [6.45, 7) is 0.618. The van der Waals surface area contributed by atoms with Crippen LogP contribution >= 0.6 is 11.6 Å². The Morgan fingerprint density at radius 1 is 1.47 bits per heavy atom. The first kappa shape index (κ1) is 12.4. The topological polar surface area (TPSA) is 60.4 Å². The molecule has 1 aromatic heterocycles. The summed E-state index contributed by atoms with van der Waals surface area (Å²) < 4.78 is 10.7. The Morgan fingerprint density at radius 2 is 2.29 bits per heavy atom. The van der Waals surface area contributed by atoms with Crippen LogP contribution < -0.4 is 11.3 Å². The monoisotopic (exact) mass is 254 g/mol. The van der Waals surface area contributed by atoms with E-state index in [1.165, 1.54) is 0 Å². The van der Waals surface area contributed by atoms with Crippen LogP contribution in [0.5, 0.6) is 0 Å². The number of hydrazine groups is 1. The number of hydrogen-bond acceptors (Lipinski definition) is 4. The highest BCUT2D eigenvalue weighted by Gasteiger charge is 2.14. The summed E-state index contributed by atoms with van der Waals surface area (Å²) in [5, 5.41) is 1.67. The fourth-order valence-corrected chi connectivity index (χ4v) is 1.93. The van der Waals surface area contributed by atoms with Crippen LogP contribution in [0.2, 0.25) is 5.02 Å². The van der Waals surface area contributed by atoms with Gasteiger partial charge in [-0.3, -0.25) is 5.84 Å². The highest BCUT2D eigenvalue weighted by molar-refractivity contribution is 6.31. The van der Waals surface area contributed by atoms with Crippen molar-refractivity contribution in [2.75, 3.05) is 13.7 Å². The summed E-state index contributed by atoms with van der Waals surface area (Å²) in [5.74, 6) is 6.30. The van der Waals surface area contributed by atoms with Crippen molar-refractivity contribution < 1.29 is 9.15 Å². The second-order valence-corrected chi connectivity index (χ2v) is 4.27. The molecule has 17 heavy (non-hydrogen) atoms. The van der Waals surface area contributed by atoms with Crippen molar-refractivity contribution in [2.24, 2.45) is 5.84 Å². The normalized spacial score (nSPS) is 13.1. The zero-order chi connectivity index (χ0) is 12.3. The van der Waals surface area contributed by atoms with Crippen LogP contribution in [0.4, 0.5) is 0 Å². The van der Waals surface area contributed by atoms with Gasteiger partial charge in [-0.25, -0.2) is 5.43 Å². The van der Waals surface area contributed by atoms with E-state index in [-0.39, 0.29) is 6.04 Å². The van der Waals surface area contributed by atoms with Gasteiger partial charge in [0.2, 0.25) is 0 Å². The van der Waals surface area contributed by atoms with E-state index in [9.17, 15) is 0 Å². The predicted molar refractivity (Wildman–Crippen MR) is 67.8 cm³/mol. The minimum Gasteiger partial charge on any atom is -0.459 e. The third-order valence-corrected chi connectivity index (χ3v) is 2.89. The molecule has 2 aromatic rings. The summed E-state index contributed by atoms with van der Waals surface area (Å²) in [4.78, 5) is 0. The molecule has 0 aliphatic rings. The van der Waals surface area contributed by atoms with Gasteiger partial charge in [-0.1, -0.05) is 11.6 Å². The second kappa shape index (κ2) is 5.51. The number of benzene rings is 1. The molecule has 92 valence electrons. The molecule has 0 saturated carbocycles. The highest BCUT2D eigenvalue weighted by atomic mass is 35.5. The molecule has 0 fully saturated rings. The highest BCUT2D eigenvalue weighted by Crippen LogP contribution is 2.27. The molecule has 1 aromatic carbocycles. The van der Waals surface area contributed by atoms with Crippen molar-refractivity contribution in [3.8, 4) is 0 Å². The minimum atomic E-state index is -0.0545. The molecule has 4 nitrogen and oxygen atoms in total. The summed E-state index contributed by atoms with van der Waals surface area (Å²) in [7, 11) is 1.66. The van der Waals surface area contributed by atoms with Gasteiger partial charge in [0.15, 0.2) is 0 Å². The first-order valence-electron chi connectivity index (χ1n) is 5.38. The second-order valence-electron chi connectivity index (χ2n) is 3.83. The largest absolute Gasteiger partial charge is 0.459 e. The average Bonchev–Trinajstić information content (AvgIpc) is 2.72. The quantitative estimate of drug-likeness (QED) is 0.636. The molecule has 0 spiro atoms. The van der Waals surface area contributed by atoms with E-state index in [0.29, 0.717) is 11.6 Å². The lowest BCUT2D eigenvalue weighted by Crippen LogP contribution is -2.28. The smallest absolute Gasteiger partial charge is 0.134 e. The lowest BCUT2D eigenvalue weighted by atomic mass is 10.1.